The Hall–Kier alpha value is -2.15. The number of anilines is 1. The van der Waals surface area contributed by atoms with E-state index in [1.807, 2.05) is 18.2 Å². The molecule has 0 aliphatic carbocycles. The maximum Gasteiger partial charge on any atom is 0.225 e. The minimum Gasteiger partial charge on any atom is -0.496 e. The third-order valence-corrected chi connectivity index (χ3v) is 4.82. The zero-order valence-electron chi connectivity index (χ0n) is 14.1. The lowest BCUT2D eigenvalue weighted by atomic mass is 9.97. The van der Waals surface area contributed by atoms with E-state index in [0.717, 1.165) is 35.2 Å². The van der Waals surface area contributed by atoms with Crippen LogP contribution in [0.5, 0.6) is 5.75 Å². The van der Waals surface area contributed by atoms with Gasteiger partial charge in [0.05, 0.1) is 13.0 Å². The molecule has 1 N–H and O–H groups in total. The van der Waals surface area contributed by atoms with Crippen LogP contribution in [0, 0.1) is 5.92 Å². The first-order chi connectivity index (χ1) is 12.2. The van der Waals surface area contributed by atoms with Crippen LogP contribution in [0.2, 0.25) is 0 Å². The number of rotatable bonds is 5. The number of nitrogens with one attached hydrogen (secondary N) is 1. The summed E-state index contributed by atoms with van der Waals surface area (Å²) in [5, 5.41) is 3.04. The summed E-state index contributed by atoms with van der Waals surface area (Å²) in [5.74, 6) is 1.46. The first kappa shape index (κ1) is 17.7. The summed E-state index contributed by atoms with van der Waals surface area (Å²) in [5.41, 5.74) is 0.948. The highest BCUT2D eigenvalue weighted by Gasteiger charge is 2.27. The van der Waals surface area contributed by atoms with E-state index >= 15 is 0 Å². The van der Waals surface area contributed by atoms with E-state index in [1.54, 1.807) is 25.6 Å². The molecular weight excluding hydrogens is 384 g/mol. The molecule has 1 saturated heterocycles. The average Bonchev–Trinajstić information content (AvgIpc) is 2.67. The molecule has 0 saturated carbocycles. The lowest BCUT2D eigenvalue weighted by molar-refractivity contribution is -0.125. The summed E-state index contributed by atoms with van der Waals surface area (Å²) in [6, 6.07) is 7.57. The maximum absolute atomic E-state index is 12.6. The number of ether oxygens (including phenoxy) is 1. The van der Waals surface area contributed by atoms with Gasteiger partial charge in [0.1, 0.15) is 5.75 Å². The summed E-state index contributed by atoms with van der Waals surface area (Å²) in [6.45, 7) is 1.97. The minimum atomic E-state index is -0.0595. The fourth-order valence-corrected chi connectivity index (χ4v) is 3.45. The highest BCUT2D eigenvalue weighted by molar-refractivity contribution is 9.10. The molecule has 2 heterocycles. The predicted octanol–water partition coefficient (Wildman–Crippen LogP) is 2.78. The quantitative estimate of drug-likeness (QED) is 0.829. The van der Waals surface area contributed by atoms with Crippen molar-refractivity contribution in [1.29, 1.82) is 0 Å². The van der Waals surface area contributed by atoms with Gasteiger partial charge < -0.3 is 15.0 Å². The number of amides is 1. The van der Waals surface area contributed by atoms with E-state index < -0.39 is 0 Å². The van der Waals surface area contributed by atoms with E-state index in [2.05, 4.69) is 36.1 Å². The van der Waals surface area contributed by atoms with Crippen LogP contribution < -0.4 is 15.0 Å². The average molecular weight is 405 g/mol. The van der Waals surface area contributed by atoms with Gasteiger partial charge in [0, 0.05) is 42.1 Å². The molecule has 3 rings (SSSR count). The number of nitrogens with zero attached hydrogens (tertiary/aromatic N) is 3. The van der Waals surface area contributed by atoms with Gasteiger partial charge >= 0.3 is 0 Å². The summed E-state index contributed by atoms with van der Waals surface area (Å²) >= 11 is 3.45. The highest BCUT2D eigenvalue weighted by atomic mass is 79.9. The number of carbonyl (C=O) groups is 1. The van der Waals surface area contributed by atoms with Crippen LogP contribution in [0.4, 0.5) is 5.95 Å². The Balaban J connectivity index is 1.61. The zero-order chi connectivity index (χ0) is 17.6. The van der Waals surface area contributed by atoms with Gasteiger partial charge in [-0.2, -0.15) is 0 Å². The summed E-state index contributed by atoms with van der Waals surface area (Å²) in [4.78, 5) is 23.2. The van der Waals surface area contributed by atoms with Gasteiger partial charge in [-0.15, -0.1) is 0 Å². The summed E-state index contributed by atoms with van der Waals surface area (Å²) in [6.07, 6.45) is 5.29. The Morgan fingerprint density at radius 3 is 2.96 bits per heavy atom. The van der Waals surface area contributed by atoms with Gasteiger partial charge in [0.25, 0.3) is 0 Å². The normalized spacial score (nSPS) is 17.2. The molecule has 1 amide bonds. The smallest absolute Gasteiger partial charge is 0.225 e. The number of carbonyl (C=O) groups excluding carboxylic acids is 1. The molecule has 1 aliphatic rings. The molecule has 7 heteroatoms. The number of methoxy groups -OCH3 is 1. The first-order valence-corrected chi connectivity index (χ1v) is 9.09. The number of benzene rings is 1. The second-order valence-corrected chi connectivity index (χ2v) is 6.92. The van der Waals surface area contributed by atoms with Crippen LogP contribution in [-0.4, -0.2) is 36.1 Å². The monoisotopic (exact) mass is 404 g/mol. The van der Waals surface area contributed by atoms with Crippen molar-refractivity contribution in [3.05, 3.63) is 46.7 Å². The number of aromatic nitrogens is 2. The lowest BCUT2D eigenvalue weighted by Crippen LogP contribution is -2.43. The summed E-state index contributed by atoms with van der Waals surface area (Å²) in [7, 11) is 1.63. The van der Waals surface area contributed by atoms with Crippen molar-refractivity contribution in [2.75, 3.05) is 25.1 Å². The molecule has 0 spiro atoms. The van der Waals surface area contributed by atoms with E-state index in [0.29, 0.717) is 19.0 Å². The SMILES string of the molecule is COc1ccc(Br)cc1CNC(=O)C1CCCN(c2ncccn2)C1. The maximum atomic E-state index is 12.6. The Bertz CT molecular complexity index is 726. The van der Waals surface area contributed by atoms with Crippen LogP contribution in [0.3, 0.4) is 0 Å². The summed E-state index contributed by atoms with van der Waals surface area (Å²) < 4.78 is 6.32. The van der Waals surface area contributed by atoms with Gasteiger partial charge in [-0.05, 0) is 37.1 Å². The molecule has 1 aromatic carbocycles. The standard InChI is InChI=1S/C18H21BrN4O2/c1-25-16-6-5-15(19)10-14(16)11-22-17(24)13-4-2-9-23(12-13)18-20-7-3-8-21-18/h3,5-8,10,13H,2,4,9,11-12H2,1H3,(H,22,24). The Morgan fingerprint density at radius 1 is 1.40 bits per heavy atom. The van der Waals surface area contributed by atoms with Crippen molar-refractivity contribution in [1.82, 2.24) is 15.3 Å². The number of piperidine rings is 1. The van der Waals surface area contributed by atoms with Gasteiger partial charge in [-0.1, -0.05) is 15.9 Å². The number of hydrogen-bond donors (Lipinski definition) is 1. The zero-order valence-corrected chi connectivity index (χ0v) is 15.7. The topological polar surface area (TPSA) is 67.3 Å². The molecule has 2 aromatic rings. The Morgan fingerprint density at radius 2 is 2.20 bits per heavy atom. The molecule has 1 atom stereocenters. The highest BCUT2D eigenvalue weighted by Crippen LogP contribution is 2.24. The van der Waals surface area contributed by atoms with E-state index in [-0.39, 0.29) is 11.8 Å². The molecule has 1 aliphatic heterocycles. The molecule has 1 fully saturated rings. The van der Waals surface area contributed by atoms with Gasteiger partial charge in [0.15, 0.2) is 0 Å². The molecule has 1 unspecified atom stereocenters. The largest absolute Gasteiger partial charge is 0.496 e. The van der Waals surface area contributed by atoms with Crippen LogP contribution >= 0.6 is 15.9 Å². The van der Waals surface area contributed by atoms with Gasteiger partial charge in [0.2, 0.25) is 11.9 Å². The van der Waals surface area contributed by atoms with Gasteiger partial charge in [-0.25, -0.2) is 9.97 Å². The number of halogens is 1. The Kier molecular flexibility index (Phi) is 5.86. The number of hydrogen-bond acceptors (Lipinski definition) is 5. The predicted molar refractivity (Wildman–Crippen MR) is 99.5 cm³/mol. The second-order valence-electron chi connectivity index (χ2n) is 6.01. The van der Waals surface area contributed by atoms with Crippen molar-refractivity contribution in [3.8, 4) is 5.75 Å². The fourth-order valence-electron chi connectivity index (χ4n) is 3.04. The van der Waals surface area contributed by atoms with Gasteiger partial charge in [-0.3, -0.25) is 4.79 Å². The fraction of sp³-hybridized carbons (Fsp3) is 0.389. The Labute approximate surface area is 155 Å². The second kappa shape index (κ2) is 8.29. The van der Waals surface area contributed by atoms with Crippen LogP contribution in [0.25, 0.3) is 0 Å². The lowest BCUT2D eigenvalue weighted by Gasteiger charge is -2.31. The van der Waals surface area contributed by atoms with Crippen molar-refractivity contribution in [2.24, 2.45) is 5.92 Å². The van der Waals surface area contributed by atoms with E-state index in [1.165, 1.54) is 0 Å². The third-order valence-electron chi connectivity index (χ3n) is 4.32. The minimum absolute atomic E-state index is 0.0580. The molecule has 0 bridgehead atoms. The third kappa shape index (κ3) is 4.48. The molecule has 1 aromatic heterocycles. The molecule has 132 valence electrons. The van der Waals surface area contributed by atoms with Crippen LogP contribution in [0.15, 0.2) is 41.1 Å². The van der Waals surface area contributed by atoms with Crippen LogP contribution in [0.1, 0.15) is 18.4 Å². The van der Waals surface area contributed by atoms with E-state index in [4.69, 9.17) is 4.74 Å². The van der Waals surface area contributed by atoms with Crippen molar-refractivity contribution < 1.29 is 9.53 Å². The molecular formula is C18H21BrN4O2. The molecule has 6 nitrogen and oxygen atoms in total. The molecule has 0 radical (unpaired) electrons. The van der Waals surface area contributed by atoms with Crippen molar-refractivity contribution in [2.45, 2.75) is 19.4 Å². The van der Waals surface area contributed by atoms with Crippen molar-refractivity contribution >= 4 is 27.8 Å². The van der Waals surface area contributed by atoms with Crippen LogP contribution in [-0.2, 0) is 11.3 Å². The van der Waals surface area contributed by atoms with E-state index in [9.17, 15) is 4.79 Å². The molecule has 25 heavy (non-hydrogen) atoms. The first-order valence-electron chi connectivity index (χ1n) is 8.29. The van der Waals surface area contributed by atoms with Crippen molar-refractivity contribution in [3.63, 3.8) is 0 Å².